The summed E-state index contributed by atoms with van der Waals surface area (Å²) in [4.78, 5) is 0. The van der Waals surface area contributed by atoms with Crippen LogP contribution < -0.4 is 0 Å². The topological polar surface area (TPSA) is 0 Å². The summed E-state index contributed by atoms with van der Waals surface area (Å²) in [5.41, 5.74) is 4.56. The van der Waals surface area contributed by atoms with Crippen LogP contribution in [-0.2, 0) is 5.41 Å². The van der Waals surface area contributed by atoms with Crippen molar-refractivity contribution >= 4 is 0 Å². The molecule has 4 rings (SSSR count). The van der Waals surface area contributed by atoms with Crippen LogP contribution in [0.1, 0.15) is 55.2 Å². The van der Waals surface area contributed by atoms with Crippen LogP contribution in [0.2, 0.25) is 0 Å². The van der Waals surface area contributed by atoms with E-state index in [0.717, 1.165) is 0 Å². The monoisotopic (exact) mass is 340 g/mol. The van der Waals surface area contributed by atoms with Gasteiger partial charge in [0.1, 0.15) is 0 Å². The Morgan fingerprint density at radius 3 is 1.65 bits per heavy atom. The number of hydrogen-bond acceptors (Lipinski definition) is 0. The second-order valence-electron chi connectivity index (χ2n) is 7.59. The van der Waals surface area contributed by atoms with Crippen LogP contribution in [0.15, 0.2) is 91.0 Å². The zero-order valence-electron chi connectivity index (χ0n) is 15.6. The standard InChI is InChI=1S/C26H28/c1-2-3-7-20-24-25(21-14-8-4-9-15-21)26(24,22-16-10-5-11-17-22)23-18-12-6-13-19-23/h4-6,8-19,24-25H,2-3,7,20H2,1H3/t24-,25-/m0/s1. The molecule has 0 heteroatoms. The van der Waals surface area contributed by atoms with Gasteiger partial charge in [-0.1, -0.05) is 117 Å². The summed E-state index contributed by atoms with van der Waals surface area (Å²) in [5, 5.41) is 0. The van der Waals surface area contributed by atoms with Crippen molar-refractivity contribution in [3.63, 3.8) is 0 Å². The highest BCUT2D eigenvalue weighted by molar-refractivity contribution is 5.55. The van der Waals surface area contributed by atoms with Crippen molar-refractivity contribution in [2.24, 2.45) is 5.92 Å². The largest absolute Gasteiger partial charge is 0.0654 e. The molecular formula is C26H28. The van der Waals surface area contributed by atoms with Gasteiger partial charge < -0.3 is 0 Å². The summed E-state index contributed by atoms with van der Waals surface area (Å²) in [6, 6.07) is 33.6. The highest BCUT2D eigenvalue weighted by atomic mass is 14.7. The SMILES string of the molecule is CCCCC[C@H]1[C@H](c2ccccc2)C1(c1ccccc1)c1ccccc1. The molecule has 0 N–H and O–H groups in total. The molecule has 0 unspecified atom stereocenters. The molecule has 132 valence electrons. The minimum Gasteiger partial charge on any atom is -0.0654 e. The molecule has 1 aliphatic carbocycles. The van der Waals surface area contributed by atoms with E-state index in [1.54, 1.807) is 0 Å². The number of hydrogen-bond donors (Lipinski definition) is 0. The van der Waals surface area contributed by atoms with E-state index in [4.69, 9.17) is 0 Å². The Hall–Kier alpha value is -2.34. The van der Waals surface area contributed by atoms with Gasteiger partial charge in [-0.25, -0.2) is 0 Å². The lowest BCUT2D eigenvalue weighted by Gasteiger charge is -2.21. The van der Waals surface area contributed by atoms with Gasteiger partial charge in [-0.15, -0.1) is 0 Å². The Balaban J connectivity index is 1.82. The maximum absolute atomic E-state index is 2.34. The van der Waals surface area contributed by atoms with E-state index in [1.165, 1.54) is 42.4 Å². The van der Waals surface area contributed by atoms with Crippen LogP contribution >= 0.6 is 0 Å². The maximum atomic E-state index is 2.34. The molecule has 1 saturated carbocycles. The number of benzene rings is 3. The molecule has 26 heavy (non-hydrogen) atoms. The van der Waals surface area contributed by atoms with Gasteiger partial charge in [0, 0.05) is 11.3 Å². The molecule has 3 aromatic rings. The summed E-state index contributed by atoms with van der Waals surface area (Å²) in [6.45, 7) is 2.29. The first-order valence-electron chi connectivity index (χ1n) is 10.0. The van der Waals surface area contributed by atoms with E-state index in [1.807, 2.05) is 0 Å². The summed E-state index contributed by atoms with van der Waals surface area (Å²) in [7, 11) is 0. The van der Waals surface area contributed by atoms with E-state index >= 15 is 0 Å². The first-order chi connectivity index (χ1) is 12.9. The van der Waals surface area contributed by atoms with E-state index < -0.39 is 0 Å². The van der Waals surface area contributed by atoms with Gasteiger partial charge in [0.05, 0.1) is 0 Å². The fraction of sp³-hybridized carbons (Fsp3) is 0.308. The lowest BCUT2D eigenvalue weighted by atomic mass is 9.82. The Morgan fingerprint density at radius 1 is 0.654 bits per heavy atom. The molecule has 0 aromatic heterocycles. The minimum atomic E-state index is 0.123. The predicted molar refractivity (Wildman–Crippen MR) is 110 cm³/mol. The van der Waals surface area contributed by atoms with Gasteiger partial charge >= 0.3 is 0 Å². The summed E-state index contributed by atoms with van der Waals surface area (Å²) < 4.78 is 0. The Labute approximate surface area is 157 Å². The van der Waals surface area contributed by atoms with Crippen LogP contribution in [0.3, 0.4) is 0 Å². The Bertz CT molecular complexity index is 765. The third kappa shape index (κ3) is 2.88. The minimum absolute atomic E-state index is 0.123. The summed E-state index contributed by atoms with van der Waals surface area (Å²) in [6.07, 6.45) is 5.24. The molecule has 3 aromatic carbocycles. The van der Waals surface area contributed by atoms with Crippen molar-refractivity contribution in [2.45, 2.75) is 43.9 Å². The van der Waals surface area contributed by atoms with Gasteiger partial charge in [-0.05, 0) is 29.0 Å². The van der Waals surface area contributed by atoms with Gasteiger partial charge in [-0.2, -0.15) is 0 Å². The van der Waals surface area contributed by atoms with Crippen LogP contribution in [0.4, 0.5) is 0 Å². The highest BCUT2D eigenvalue weighted by Gasteiger charge is 2.65. The van der Waals surface area contributed by atoms with E-state index in [-0.39, 0.29) is 5.41 Å². The van der Waals surface area contributed by atoms with Crippen LogP contribution in [0, 0.1) is 5.92 Å². The van der Waals surface area contributed by atoms with Crippen molar-refractivity contribution in [3.05, 3.63) is 108 Å². The van der Waals surface area contributed by atoms with E-state index in [2.05, 4.69) is 97.9 Å². The fourth-order valence-electron chi connectivity index (χ4n) is 5.01. The van der Waals surface area contributed by atoms with Crippen molar-refractivity contribution in [3.8, 4) is 0 Å². The van der Waals surface area contributed by atoms with Crippen molar-refractivity contribution in [1.29, 1.82) is 0 Å². The predicted octanol–water partition coefficient (Wildman–Crippen LogP) is 6.97. The summed E-state index contributed by atoms with van der Waals surface area (Å²) >= 11 is 0. The second-order valence-corrected chi connectivity index (χ2v) is 7.59. The van der Waals surface area contributed by atoms with Gasteiger partial charge in [0.25, 0.3) is 0 Å². The van der Waals surface area contributed by atoms with Crippen LogP contribution in [0.25, 0.3) is 0 Å². The first kappa shape index (κ1) is 17.1. The quantitative estimate of drug-likeness (QED) is 0.407. The van der Waals surface area contributed by atoms with Crippen molar-refractivity contribution in [1.82, 2.24) is 0 Å². The molecule has 0 saturated heterocycles. The highest BCUT2D eigenvalue weighted by Crippen LogP contribution is 2.70. The molecule has 0 spiro atoms. The molecular weight excluding hydrogens is 312 g/mol. The zero-order valence-corrected chi connectivity index (χ0v) is 15.6. The Kier molecular flexibility index (Phi) is 4.93. The van der Waals surface area contributed by atoms with E-state index in [9.17, 15) is 0 Å². The summed E-state index contributed by atoms with van der Waals surface area (Å²) in [5.74, 6) is 1.26. The van der Waals surface area contributed by atoms with Gasteiger partial charge in [-0.3, -0.25) is 0 Å². The third-order valence-electron chi connectivity index (χ3n) is 6.15. The molecule has 0 bridgehead atoms. The van der Waals surface area contributed by atoms with Crippen LogP contribution in [-0.4, -0.2) is 0 Å². The lowest BCUT2D eigenvalue weighted by molar-refractivity contribution is 0.575. The average Bonchev–Trinajstić information content (AvgIpc) is 3.40. The maximum Gasteiger partial charge on any atom is 0.0308 e. The lowest BCUT2D eigenvalue weighted by Crippen LogP contribution is -2.14. The molecule has 0 radical (unpaired) electrons. The Morgan fingerprint density at radius 2 is 1.15 bits per heavy atom. The average molecular weight is 341 g/mol. The molecule has 2 atom stereocenters. The molecule has 0 amide bonds. The molecule has 0 heterocycles. The first-order valence-corrected chi connectivity index (χ1v) is 10.0. The number of unbranched alkanes of at least 4 members (excludes halogenated alkanes) is 2. The second kappa shape index (κ2) is 7.50. The fourth-order valence-corrected chi connectivity index (χ4v) is 5.01. The van der Waals surface area contributed by atoms with Gasteiger partial charge in [0.15, 0.2) is 0 Å². The molecule has 1 fully saturated rings. The zero-order chi connectivity index (χ0) is 17.8. The number of rotatable bonds is 7. The van der Waals surface area contributed by atoms with Gasteiger partial charge in [0.2, 0.25) is 0 Å². The van der Waals surface area contributed by atoms with Crippen molar-refractivity contribution in [2.75, 3.05) is 0 Å². The smallest absolute Gasteiger partial charge is 0.0308 e. The van der Waals surface area contributed by atoms with E-state index in [0.29, 0.717) is 11.8 Å². The molecule has 0 nitrogen and oxygen atoms in total. The normalized spacial score (nSPS) is 20.7. The van der Waals surface area contributed by atoms with Crippen LogP contribution in [0.5, 0.6) is 0 Å². The molecule has 1 aliphatic rings. The molecule has 0 aliphatic heterocycles. The van der Waals surface area contributed by atoms with Crippen molar-refractivity contribution < 1.29 is 0 Å². The third-order valence-corrected chi connectivity index (χ3v) is 6.15.